The zero-order chi connectivity index (χ0) is 18.1. The second-order valence-electron chi connectivity index (χ2n) is 5.53. The number of nitrogens with zero attached hydrogens (tertiary/aromatic N) is 2. The monoisotopic (exact) mass is 510 g/mol. The second-order valence-corrected chi connectivity index (χ2v) is 7.97. The molecule has 0 N–H and O–H groups in total. The largest absolute Gasteiger partial charge is 0.738 e. The molecule has 2 aliphatic rings. The van der Waals surface area contributed by atoms with E-state index in [1.54, 1.807) is 0 Å². The van der Waals surface area contributed by atoms with Gasteiger partial charge in [-0.3, -0.25) is 0 Å². The highest BCUT2D eigenvalue weighted by molar-refractivity contribution is 9.18. The van der Waals surface area contributed by atoms with Gasteiger partial charge in [0.2, 0.25) is 4.62 Å². The highest BCUT2D eigenvalue weighted by Gasteiger charge is 2.54. The summed E-state index contributed by atoms with van der Waals surface area (Å²) in [5, 5.41) is 0.199. The first-order chi connectivity index (χ1) is 11.7. The Hall–Kier alpha value is -0.955. The Morgan fingerprint density at radius 2 is 1.72 bits per heavy atom. The molecule has 0 aliphatic carbocycles. The molecule has 0 spiro atoms. The fourth-order valence-corrected chi connectivity index (χ4v) is 4.58. The lowest BCUT2D eigenvalue weighted by Crippen LogP contribution is -2.50. The van der Waals surface area contributed by atoms with E-state index in [0.717, 1.165) is 15.0 Å². The van der Waals surface area contributed by atoms with Crippen LogP contribution in [0, 0.1) is 5.82 Å². The third-order valence-electron chi connectivity index (χ3n) is 4.15. The fraction of sp³-hybridized carbons (Fsp3) is 0. The van der Waals surface area contributed by atoms with Crippen LogP contribution >= 0.6 is 55.1 Å². The number of rotatable bonds is 1. The Morgan fingerprint density at radius 3 is 2.44 bits per heavy atom. The lowest BCUT2D eigenvalue weighted by molar-refractivity contribution is -0.358. The van der Waals surface area contributed by atoms with Gasteiger partial charge in [0.05, 0.1) is 20.2 Å². The first-order valence-electron chi connectivity index (χ1n) is 7.02. The van der Waals surface area contributed by atoms with Crippen molar-refractivity contribution in [2.45, 2.75) is 0 Å². The van der Waals surface area contributed by atoms with Gasteiger partial charge in [0.1, 0.15) is 5.82 Å². The normalized spacial score (nSPS) is 18.0. The lowest BCUT2D eigenvalue weighted by Gasteiger charge is -2.32. The molecule has 1 aromatic carbocycles. The summed E-state index contributed by atoms with van der Waals surface area (Å²) in [4.78, 5) is 0. The highest BCUT2D eigenvalue weighted by Crippen LogP contribution is 2.43. The lowest BCUT2D eigenvalue weighted by atomic mass is 9.86. The molecule has 0 saturated carbocycles. The van der Waals surface area contributed by atoms with Crippen molar-refractivity contribution >= 4 is 72.2 Å². The SMILES string of the molecule is Fc1cc(Cl)c(Cl)cc1C1=C2C=CC(Br)=[N+]2[B-](F)(F)n2c(Br)ccc21. The minimum Gasteiger partial charge on any atom is -0.389 e. The molecule has 2 aliphatic heterocycles. The standard InChI is InChI=1S/C15H6BBr2Cl2F3N2/c17-13-3-1-11-15(7-5-8(19)9(20)6-10(7)21)12-2-4-14(18)25(12)16(22,23)24(11)13/h1-6H. The van der Waals surface area contributed by atoms with E-state index >= 15 is 8.63 Å². The molecule has 128 valence electrons. The third kappa shape index (κ3) is 2.41. The average molecular weight is 513 g/mol. The Balaban J connectivity index is 2.13. The first-order valence-corrected chi connectivity index (χ1v) is 9.36. The van der Waals surface area contributed by atoms with E-state index in [1.165, 1.54) is 30.4 Å². The number of halogens is 7. The van der Waals surface area contributed by atoms with Gasteiger partial charge in [-0.25, -0.2) is 4.39 Å². The van der Waals surface area contributed by atoms with Gasteiger partial charge >= 0.3 is 6.97 Å². The molecule has 0 radical (unpaired) electrons. The van der Waals surface area contributed by atoms with Crippen molar-refractivity contribution in [1.82, 2.24) is 4.48 Å². The quantitative estimate of drug-likeness (QED) is 0.324. The molecule has 2 nitrogen and oxygen atoms in total. The van der Waals surface area contributed by atoms with Crippen molar-refractivity contribution in [2.24, 2.45) is 0 Å². The van der Waals surface area contributed by atoms with E-state index in [-0.39, 0.29) is 36.2 Å². The molecule has 0 amide bonds. The van der Waals surface area contributed by atoms with Crippen LogP contribution in [0.3, 0.4) is 0 Å². The van der Waals surface area contributed by atoms with Gasteiger partial charge in [0.15, 0.2) is 5.70 Å². The number of hydrogen-bond donors (Lipinski definition) is 0. The summed E-state index contributed by atoms with van der Waals surface area (Å²) >= 11 is 18.2. The molecule has 2 aromatic rings. The molecular weight excluding hydrogens is 507 g/mol. The van der Waals surface area contributed by atoms with Crippen molar-refractivity contribution < 1.29 is 17.5 Å². The summed E-state index contributed by atoms with van der Waals surface area (Å²) in [6.45, 7) is -4.15. The number of aromatic nitrogens is 1. The van der Waals surface area contributed by atoms with Gasteiger partial charge in [-0.2, -0.15) is 0 Å². The van der Waals surface area contributed by atoms with Gasteiger partial charge in [-0.05, 0) is 40.2 Å². The predicted octanol–water partition coefficient (Wildman–Crippen LogP) is 6.07. The molecule has 0 saturated heterocycles. The van der Waals surface area contributed by atoms with E-state index in [2.05, 4.69) is 31.9 Å². The van der Waals surface area contributed by atoms with E-state index in [9.17, 15) is 4.39 Å². The van der Waals surface area contributed by atoms with Crippen LogP contribution in [0.25, 0.3) is 5.57 Å². The van der Waals surface area contributed by atoms with Crippen LogP contribution < -0.4 is 0 Å². The molecule has 0 fully saturated rings. The van der Waals surface area contributed by atoms with Crippen LogP contribution in [0.15, 0.2) is 46.7 Å². The number of allylic oxidation sites excluding steroid dienone is 2. The highest BCUT2D eigenvalue weighted by atomic mass is 79.9. The Labute approximate surface area is 167 Å². The molecule has 25 heavy (non-hydrogen) atoms. The summed E-state index contributed by atoms with van der Waals surface area (Å²) < 4.78 is 46.9. The predicted molar refractivity (Wildman–Crippen MR) is 101 cm³/mol. The van der Waals surface area contributed by atoms with Crippen LogP contribution in [0.4, 0.5) is 13.0 Å². The van der Waals surface area contributed by atoms with Crippen molar-refractivity contribution in [1.29, 1.82) is 0 Å². The second kappa shape index (κ2) is 5.77. The van der Waals surface area contributed by atoms with Gasteiger partial charge in [-0.15, -0.1) is 0 Å². The van der Waals surface area contributed by atoms with E-state index in [1.807, 2.05) is 0 Å². The summed E-state index contributed by atoms with van der Waals surface area (Å²) in [5.41, 5.74) is 0.777. The third-order valence-corrected chi connectivity index (χ3v) is 6.16. The van der Waals surface area contributed by atoms with Crippen LogP contribution in [-0.2, 0) is 0 Å². The van der Waals surface area contributed by atoms with Gasteiger partial charge < -0.3 is 17.6 Å². The van der Waals surface area contributed by atoms with Crippen LogP contribution in [0.2, 0.25) is 10.0 Å². The van der Waals surface area contributed by atoms with E-state index < -0.39 is 12.8 Å². The molecule has 0 unspecified atom stereocenters. The molecule has 0 atom stereocenters. The minimum absolute atomic E-state index is 0.0574. The number of benzene rings is 1. The Bertz CT molecular complexity index is 1040. The Kier molecular flexibility index (Phi) is 4.03. The van der Waals surface area contributed by atoms with Crippen molar-refractivity contribution in [3.63, 3.8) is 0 Å². The molecule has 10 heteroatoms. The summed E-state index contributed by atoms with van der Waals surface area (Å²) in [6.07, 6.45) is 3.02. The van der Waals surface area contributed by atoms with E-state index in [4.69, 9.17) is 23.2 Å². The minimum atomic E-state index is -4.15. The summed E-state index contributed by atoms with van der Waals surface area (Å²) in [7, 11) is 0. The molecule has 3 heterocycles. The van der Waals surface area contributed by atoms with Gasteiger partial charge in [0.25, 0.3) is 0 Å². The fourth-order valence-electron chi connectivity index (χ4n) is 3.12. The molecule has 0 bridgehead atoms. The van der Waals surface area contributed by atoms with Gasteiger partial charge in [0, 0.05) is 39.3 Å². The zero-order valence-electron chi connectivity index (χ0n) is 12.1. The first kappa shape index (κ1) is 17.5. The number of hydrogen-bond acceptors (Lipinski definition) is 0. The van der Waals surface area contributed by atoms with Crippen molar-refractivity contribution in [2.75, 3.05) is 0 Å². The number of fused-ring (bicyclic) bond motifs is 2. The summed E-state index contributed by atoms with van der Waals surface area (Å²) in [6, 6.07) is 5.44. The van der Waals surface area contributed by atoms with Gasteiger partial charge in [-0.1, -0.05) is 23.2 Å². The smallest absolute Gasteiger partial charge is 0.389 e. The van der Waals surface area contributed by atoms with E-state index in [0.29, 0.717) is 5.57 Å². The molecular formula is C15H6BBr2Cl2F3N2. The zero-order valence-corrected chi connectivity index (χ0v) is 16.8. The maximum atomic E-state index is 15.1. The van der Waals surface area contributed by atoms with Crippen LogP contribution in [0.1, 0.15) is 11.3 Å². The topological polar surface area (TPSA) is 7.94 Å². The summed E-state index contributed by atoms with van der Waals surface area (Å²) in [5.74, 6) is -0.644. The maximum Gasteiger partial charge on any atom is 0.738 e. The van der Waals surface area contributed by atoms with Crippen LogP contribution in [0.5, 0.6) is 0 Å². The Morgan fingerprint density at radius 1 is 1.04 bits per heavy atom. The maximum absolute atomic E-state index is 15.1. The van der Waals surface area contributed by atoms with Crippen molar-refractivity contribution in [3.8, 4) is 0 Å². The average Bonchev–Trinajstić information content (AvgIpc) is 3.09. The van der Waals surface area contributed by atoms with Crippen molar-refractivity contribution in [3.05, 3.63) is 73.8 Å². The van der Waals surface area contributed by atoms with Crippen LogP contribution in [-0.4, -0.2) is 20.6 Å². The molecule has 1 aromatic heterocycles. The molecule has 4 rings (SSSR count).